The Labute approximate surface area is 122 Å². The lowest BCUT2D eigenvalue weighted by atomic mass is 9.62. The van der Waals surface area contributed by atoms with Crippen LogP contribution in [0.1, 0.15) is 64.7 Å². The Balaban J connectivity index is 2.21. The van der Waals surface area contributed by atoms with Crippen molar-refractivity contribution >= 4 is 0 Å². The number of imidazole rings is 1. The molecule has 1 aromatic rings. The van der Waals surface area contributed by atoms with Crippen LogP contribution >= 0.6 is 0 Å². The van der Waals surface area contributed by atoms with Crippen molar-refractivity contribution in [1.82, 2.24) is 9.55 Å². The average Bonchev–Trinajstić information content (AvgIpc) is 2.87. The summed E-state index contributed by atoms with van der Waals surface area (Å²) in [5.74, 6) is 0. The number of aromatic nitrogens is 2. The lowest BCUT2D eigenvalue weighted by Gasteiger charge is -2.45. The molecule has 1 fully saturated rings. The van der Waals surface area contributed by atoms with E-state index in [0.717, 1.165) is 44.3 Å². The first-order valence-corrected chi connectivity index (χ1v) is 7.82. The van der Waals surface area contributed by atoms with Crippen LogP contribution in [-0.4, -0.2) is 21.2 Å². The van der Waals surface area contributed by atoms with E-state index >= 15 is 0 Å². The lowest BCUT2D eigenvalue weighted by molar-refractivity contribution is -0.0277. The second-order valence-corrected chi connectivity index (χ2v) is 7.15. The molecule has 2 rings (SSSR count). The molecule has 0 amide bonds. The number of nitrogens with zero attached hydrogens (tertiary/aromatic N) is 2. The normalized spacial score (nSPS) is 22.6. The van der Waals surface area contributed by atoms with Crippen molar-refractivity contribution in [2.45, 2.75) is 65.5 Å². The Hall–Kier alpha value is -0.870. The van der Waals surface area contributed by atoms with Crippen molar-refractivity contribution < 1.29 is 5.11 Å². The highest BCUT2D eigenvalue weighted by Gasteiger charge is 2.43. The molecule has 0 aliphatic heterocycles. The third-order valence-corrected chi connectivity index (χ3v) is 5.08. The van der Waals surface area contributed by atoms with Gasteiger partial charge < -0.3 is 15.4 Å². The Bertz CT molecular complexity index is 429. The fraction of sp³-hybridized carbons (Fsp3) is 0.812. The number of aliphatic hydroxyl groups excluding tert-OH is 1. The molecule has 1 unspecified atom stereocenters. The summed E-state index contributed by atoms with van der Waals surface area (Å²) in [4.78, 5) is 4.21. The van der Waals surface area contributed by atoms with Crippen LogP contribution in [-0.2, 0) is 6.54 Å². The molecule has 1 aliphatic carbocycles. The summed E-state index contributed by atoms with van der Waals surface area (Å²) in [5.41, 5.74) is 7.19. The van der Waals surface area contributed by atoms with E-state index in [0.29, 0.717) is 12.0 Å². The zero-order chi connectivity index (χ0) is 14.8. The summed E-state index contributed by atoms with van der Waals surface area (Å²) < 4.78 is 2.07. The van der Waals surface area contributed by atoms with Crippen LogP contribution in [0.2, 0.25) is 0 Å². The van der Waals surface area contributed by atoms with E-state index in [2.05, 4.69) is 30.3 Å². The Kier molecular flexibility index (Phi) is 4.55. The minimum absolute atomic E-state index is 0.180. The first-order valence-electron chi connectivity index (χ1n) is 7.82. The first kappa shape index (κ1) is 15.5. The van der Waals surface area contributed by atoms with E-state index in [1.165, 1.54) is 0 Å². The molecule has 1 saturated carbocycles. The molecule has 1 aliphatic rings. The summed E-state index contributed by atoms with van der Waals surface area (Å²) in [6, 6.07) is 0. The zero-order valence-electron chi connectivity index (χ0n) is 13.1. The van der Waals surface area contributed by atoms with Crippen LogP contribution < -0.4 is 5.73 Å². The Morgan fingerprint density at radius 2 is 2.00 bits per heavy atom. The van der Waals surface area contributed by atoms with Gasteiger partial charge in [0, 0.05) is 18.5 Å². The third kappa shape index (κ3) is 2.91. The van der Waals surface area contributed by atoms with Gasteiger partial charge in [0.25, 0.3) is 0 Å². The van der Waals surface area contributed by atoms with Crippen LogP contribution in [0, 0.1) is 10.8 Å². The number of hydrogen-bond acceptors (Lipinski definition) is 3. The predicted molar refractivity (Wildman–Crippen MR) is 81.2 cm³/mol. The van der Waals surface area contributed by atoms with E-state index < -0.39 is 6.10 Å². The summed E-state index contributed by atoms with van der Waals surface area (Å²) in [6.07, 6.45) is 8.41. The number of aliphatic hydroxyl groups is 1. The van der Waals surface area contributed by atoms with Crippen LogP contribution in [0.15, 0.2) is 12.5 Å². The highest BCUT2D eigenvalue weighted by molar-refractivity contribution is 5.10. The molecule has 4 nitrogen and oxygen atoms in total. The number of rotatable bonds is 5. The van der Waals surface area contributed by atoms with Crippen molar-refractivity contribution in [2.24, 2.45) is 16.6 Å². The van der Waals surface area contributed by atoms with Gasteiger partial charge in [-0.3, -0.25) is 0 Å². The van der Waals surface area contributed by atoms with Gasteiger partial charge in [-0.15, -0.1) is 0 Å². The van der Waals surface area contributed by atoms with Crippen molar-refractivity contribution in [3.05, 3.63) is 18.2 Å². The molecule has 1 aromatic heterocycles. The van der Waals surface area contributed by atoms with E-state index in [-0.39, 0.29) is 5.41 Å². The third-order valence-electron chi connectivity index (χ3n) is 5.08. The molecule has 0 spiro atoms. The molecule has 1 atom stereocenters. The SMILES string of the molecule is CCCn1cncc1C(O)C1(CN)CCC(C)(C)CC1. The summed E-state index contributed by atoms with van der Waals surface area (Å²) in [5, 5.41) is 10.9. The van der Waals surface area contributed by atoms with E-state index in [4.69, 9.17) is 5.73 Å². The van der Waals surface area contributed by atoms with Gasteiger partial charge in [0.05, 0.1) is 18.2 Å². The van der Waals surface area contributed by atoms with E-state index in [9.17, 15) is 5.11 Å². The molecule has 1 heterocycles. The summed E-state index contributed by atoms with van der Waals surface area (Å²) in [6.45, 7) is 8.19. The largest absolute Gasteiger partial charge is 0.386 e. The molecule has 4 heteroatoms. The quantitative estimate of drug-likeness (QED) is 0.871. The second-order valence-electron chi connectivity index (χ2n) is 7.15. The van der Waals surface area contributed by atoms with Gasteiger partial charge in [-0.05, 0) is 37.5 Å². The molecule has 3 N–H and O–H groups in total. The molecule has 20 heavy (non-hydrogen) atoms. The highest BCUT2D eigenvalue weighted by Crippen LogP contribution is 2.50. The van der Waals surface area contributed by atoms with Crippen LogP contribution in [0.4, 0.5) is 0 Å². The van der Waals surface area contributed by atoms with Crippen LogP contribution in [0.25, 0.3) is 0 Å². The van der Waals surface area contributed by atoms with Crippen LogP contribution in [0.5, 0.6) is 0 Å². The Morgan fingerprint density at radius 3 is 2.55 bits per heavy atom. The fourth-order valence-electron chi connectivity index (χ4n) is 3.31. The predicted octanol–water partition coefficient (Wildman–Crippen LogP) is 2.87. The van der Waals surface area contributed by atoms with Gasteiger partial charge in [0.1, 0.15) is 6.10 Å². The van der Waals surface area contributed by atoms with Crippen LogP contribution in [0.3, 0.4) is 0 Å². The summed E-state index contributed by atoms with van der Waals surface area (Å²) >= 11 is 0. The standard InChI is InChI=1S/C16H29N3O/c1-4-9-19-12-18-10-13(19)14(20)16(11-17)7-5-15(2,3)6-8-16/h10,12,14,20H,4-9,11,17H2,1-3H3. The minimum atomic E-state index is -0.502. The van der Waals surface area contributed by atoms with Gasteiger partial charge in [-0.2, -0.15) is 0 Å². The van der Waals surface area contributed by atoms with Gasteiger partial charge in [0.15, 0.2) is 0 Å². The molecule has 0 radical (unpaired) electrons. The second kappa shape index (κ2) is 5.86. The number of nitrogens with two attached hydrogens (primary N) is 1. The summed E-state index contributed by atoms with van der Waals surface area (Å²) in [7, 11) is 0. The average molecular weight is 279 g/mol. The van der Waals surface area contributed by atoms with Gasteiger partial charge in [-0.25, -0.2) is 4.98 Å². The first-order chi connectivity index (χ1) is 9.44. The minimum Gasteiger partial charge on any atom is -0.386 e. The fourth-order valence-corrected chi connectivity index (χ4v) is 3.31. The lowest BCUT2D eigenvalue weighted by Crippen LogP contribution is -2.42. The molecule has 114 valence electrons. The van der Waals surface area contributed by atoms with Gasteiger partial charge in [-0.1, -0.05) is 20.8 Å². The van der Waals surface area contributed by atoms with Crippen molar-refractivity contribution in [3.8, 4) is 0 Å². The van der Waals surface area contributed by atoms with Gasteiger partial charge >= 0.3 is 0 Å². The van der Waals surface area contributed by atoms with E-state index in [1.807, 2.05) is 6.33 Å². The van der Waals surface area contributed by atoms with Crippen molar-refractivity contribution in [3.63, 3.8) is 0 Å². The molecule has 0 saturated heterocycles. The van der Waals surface area contributed by atoms with Crippen molar-refractivity contribution in [2.75, 3.05) is 6.54 Å². The maximum atomic E-state index is 10.9. The molecule has 0 aromatic carbocycles. The maximum absolute atomic E-state index is 10.9. The molecular weight excluding hydrogens is 250 g/mol. The van der Waals surface area contributed by atoms with Gasteiger partial charge in [0.2, 0.25) is 0 Å². The van der Waals surface area contributed by atoms with Crippen molar-refractivity contribution in [1.29, 1.82) is 0 Å². The topological polar surface area (TPSA) is 64.1 Å². The highest BCUT2D eigenvalue weighted by atomic mass is 16.3. The number of hydrogen-bond donors (Lipinski definition) is 2. The maximum Gasteiger partial charge on any atom is 0.102 e. The zero-order valence-corrected chi connectivity index (χ0v) is 13.1. The molecular formula is C16H29N3O. The monoisotopic (exact) mass is 279 g/mol. The molecule has 0 bridgehead atoms. The number of aryl methyl sites for hydroxylation is 1. The smallest absolute Gasteiger partial charge is 0.102 e. The Morgan fingerprint density at radius 1 is 1.35 bits per heavy atom. The van der Waals surface area contributed by atoms with E-state index in [1.54, 1.807) is 6.20 Å².